The van der Waals surface area contributed by atoms with Crippen molar-refractivity contribution < 1.29 is 9.21 Å². The number of aromatic amines is 1. The number of amides is 1. The van der Waals surface area contributed by atoms with Gasteiger partial charge in [0, 0.05) is 37.6 Å². The maximum Gasteiger partial charge on any atom is 0.312 e. The summed E-state index contributed by atoms with van der Waals surface area (Å²) in [5.41, 5.74) is 5.27. The van der Waals surface area contributed by atoms with E-state index in [-0.39, 0.29) is 17.7 Å². The van der Waals surface area contributed by atoms with Crippen molar-refractivity contribution in [2.75, 3.05) is 6.54 Å². The highest BCUT2D eigenvalue weighted by molar-refractivity contribution is 5.92. The fourth-order valence-corrected chi connectivity index (χ4v) is 4.10. The Balaban J connectivity index is 1.44. The van der Waals surface area contributed by atoms with Crippen LogP contribution in [0.5, 0.6) is 0 Å². The molecule has 1 amide bonds. The number of carbonyl (C=O) groups excluding carboxylic acids is 1. The second-order valence-electron chi connectivity index (χ2n) is 8.14. The second kappa shape index (κ2) is 8.58. The number of rotatable bonds is 4. The first kappa shape index (κ1) is 21.6. The fraction of sp³-hybridized carbons (Fsp3) is 0.304. The SMILES string of the molecule is C/C=C1/C(C)=CC=CN1/N=C/[C@H]1c2nc[nH]c2CCN1C(=O)c1nnc(-c2cc(C)n(C)n2)o1. The molecule has 5 rings (SSSR count). The summed E-state index contributed by atoms with van der Waals surface area (Å²) in [7, 11) is 1.83. The minimum Gasteiger partial charge on any atom is -0.411 e. The Morgan fingerprint density at radius 1 is 1.32 bits per heavy atom. The van der Waals surface area contributed by atoms with Crippen molar-refractivity contribution in [3.8, 4) is 11.6 Å². The molecule has 0 radical (unpaired) electrons. The molecule has 1 N–H and O–H groups in total. The molecule has 34 heavy (non-hydrogen) atoms. The fourth-order valence-electron chi connectivity index (χ4n) is 4.10. The first-order chi connectivity index (χ1) is 16.5. The number of nitrogens with one attached hydrogen (secondary N) is 1. The number of carbonyl (C=O) groups is 1. The van der Waals surface area contributed by atoms with Crippen LogP contribution >= 0.6 is 0 Å². The standard InChI is InChI=1S/C23H25N9O2/c1-5-18-14(2)7-6-9-32(18)26-12-19-20-16(24-13-25-20)8-10-31(19)23(33)22-28-27-21(34-22)17-11-15(3)30(4)29-17/h5-7,9,11-13,19H,8,10H2,1-4H3,(H,24,25)/b18-5-,26-12+/t19-/m0/s1. The second-order valence-corrected chi connectivity index (χ2v) is 8.14. The average molecular weight is 460 g/mol. The van der Waals surface area contributed by atoms with Crippen LogP contribution in [0.2, 0.25) is 0 Å². The molecule has 0 aromatic carbocycles. The van der Waals surface area contributed by atoms with E-state index in [0.29, 0.717) is 18.7 Å². The van der Waals surface area contributed by atoms with E-state index in [1.807, 2.05) is 58.3 Å². The molecule has 5 heterocycles. The molecule has 0 spiro atoms. The number of nitrogens with zero attached hydrogens (tertiary/aromatic N) is 8. The number of allylic oxidation sites excluding steroid dienone is 4. The van der Waals surface area contributed by atoms with E-state index in [1.165, 1.54) is 0 Å². The lowest BCUT2D eigenvalue weighted by Crippen LogP contribution is -2.41. The van der Waals surface area contributed by atoms with Gasteiger partial charge in [0.15, 0.2) is 0 Å². The van der Waals surface area contributed by atoms with Crippen LogP contribution in [-0.4, -0.2) is 58.5 Å². The van der Waals surface area contributed by atoms with E-state index in [9.17, 15) is 4.79 Å². The maximum absolute atomic E-state index is 13.4. The maximum atomic E-state index is 13.4. The van der Waals surface area contributed by atoms with Crippen molar-refractivity contribution in [1.82, 2.24) is 39.9 Å². The topological polar surface area (TPSA) is 121 Å². The van der Waals surface area contributed by atoms with Crippen LogP contribution in [0, 0.1) is 6.92 Å². The highest BCUT2D eigenvalue weighted by Crippen LogP contribution is 2.29. The van der Waals surface area contributed by atoms with Crippen molar-refractivity contribution in [3.63, 3.8) is 0 Å². The van der Waals surface area contributed by atoms with Gasteiger partial charge in [0.25, 0.3) is 5.89 Å². The number of hydrogen-bond donors (Lipinski definition) is 1. The molecule has 0 aliphatic carbocycles. The van der Waals surface area contributed by atoms with Crippen molar-refractivity contribution >= 4 is 12.1 Å². The van der Waals surface area contributed by atoms with Crippen molar-refractivity contribution in [3.05, 3.63) is 71.1 Å². The van der Waals surface area contributed by atoms with E-state index in [0.717, 1.165) is 28.4 Å². The van der Waals surface area contributed by atoms with Gasteiger partial charge in [-0.2, -0.15) is 10.2 Å². The van der Waals surface area contributed by atoms with Crippen LogP contribution < -0.4 is 0 Å². The molecule has 11 nitrogen and oxygen atoms in total. The molecule has 0 unspecified atom stereocenters. The van der Waals surface area contributed by atoms with E-state index in [1.54, 1.807) is 27.1 Å². The molecular formula is C23H25N9O2. The zero-order valence-electron chi connectivity index (χ0n) is 19.4. The summed E-state index contributed by atoms with van der Waals surface area (Å²) in [6.45, 7) is 6.37. The molecular weight excluding hydrogens is 434 g/mol. The van der Waals surface area contributed by atoms with Crippen molar-refractivity contribution in [2.45, 2.75) is 33.2 Å². The molecule has 11 heteroatoms. The highest BCUT2D eigenvalue weighted by Gasteiger charge is 2.35. The van der Waals surface area contributed by atoms with Gasteiger partial charge < -0.3 is 14.3 Å². The minimum atomic E-state index is -0.493. The lowest BCUT2D eigenvalue weighted by Gasteiger charge is -2.32. The largest absolute Gasteiger partial charge is 0.411 e. The number of hydrogen-bond acceptors (Lipinski definition) is 8. The summed E-state index contributed by atoms with van der Waals surface area (Å²) in [6.07, 6.45) is 11.8. The molecule has 2 aliphatic rings. The Morgan fingerprint density at radius 3 is 2.94 bits per heavy atom. The Kier molecular flexibility index (Phi) is 5.44. The third-order valence-electron chi connectivity index (χ3n) is 6.00. The normalized spacial score (nSPS) is 19.2. The number of H-pyrrole nitrogens is 1. The summed E-state index contributed by atoms with van der Waals surface area (Å²) in [5, 5.41) is 18.8. The molecule has 174 valence electrons. The van der Waals surface area contributed by atoms with E-state index in [2.05, 4.69) is 30.4 Å². The number of aryl methyl sites for hydroxylation is 2. The summed E-state index contributed by atoms with van der Waals surface area (Å²) in [4.78, 5) is 22.7. The summed E-state index contributed by atoms with van der Waals surface area (Å²) < 4.78 is 7.42. The van der Waals surface area contributed by atoms with Crippen LogP contribution in [-0.2, 0) is 13.5 Å². The molecule has 0 fully saturated rings. The number of aromatic nitrogens is 6. The van der Waals surface area contributed by atoms with Crippen LogP contribution in [0.1, 0.15) is 47.7 Å². The van der Waals surface area contributed by atoms with Crippen LogP contribution in [0.4, 0.5) is 0 Å². The first-order valence-corrected chi connectivity index (χ1v) is 11.0. The Hall–Kier alpha value is -4.28. The molecule has 2 aliphatic heterocycles. The van der Waals surface area contributed by atoms with Gasteiger partial charge in [0.2, 0.25) is 0 Å². The summed E-state index contributed by atoms with van der Waals surface area (Å²) in [5.74, 6) is -0.275. The van der Waals surface area contributed by atoms with Gasteiger partial charge in [0.1, 0.15) is 11.7 Å². The van der Waals surface area contributed by atoms with Crippen molar-refractivity contribution in [1.29, 1.82) is 0 Å². The third-order valence-corrected chi connectivity index (χ3v) is 6.00. The molecule has 0 saturated heterocycles. The van der Waals surface area contributed by atoms with E-state index in [4.69, 9.17) is 4.42 Å². The van der Waals surface area contributed by atoms with Crippen LogP contribution in [0.25, 0.3) is 11.6 Å². The monoisotopic (exact) mass is 459 g/mol. The smallest absolute Gasteiger partial charge is 0.312 e. The lowest BCUT2D eigenvalue weighted by atomic mass is 10.0. The summed E-state index contributed by atoms with van der Waals surface area (Å²) >= 11 is 0. The van der Waals surface area contributed by atoms with Gasteiger partial charge in [-0.25, -0.2) is 9.99 Å². The van der Waals surface area contributed by atoms with Gasteiger partial charge in [-0.15, -0.1) is 10.2 Å². The number of imidazole rings is 1. The van der Waals surface area contributed by atoms with Gasteiger partial charge in [-0.1, -0.05) is 12.2 Å². The Morgan fingerprint density at radius 2 is 2.18 bits per heavy atom. The molecule has 3 aromatic rings. The van der Waals surface area contributed by atoms with Crippen molar-refractivity contribution in [2.24, 2.45) is 12.1 Å². The predicted molar refractivity (Wildman–Crippen MR) is 124 cm³/mol. The number of hydrazone groups is 1. The zero-order chi connectivity index (χ0) is 23.8. The predicted octanol–water partition coefficient (Wildman–Crippen LogP) is 2.91. The molecule has 3 aromatic heterocycles. The van der Waals surface area contributed by atoms with E-state index >= 15 is 0 Å². The third kappa shape index (κ3) is 3.74. The summed E-state index contributed by atoms with van der Waals surface area (Å²) in [6, 6.07) is 1.34. The lowest BCUT2D eigenvalue weighted by molar-refractivity contribution is 0.0672. The van der Waals surface area contributed by atoms with Crippen LogP contribution in [0.15, 0.2) is 57.6 Å². The van der Waals surface area contributed by atoms with Gasteiger partial charge >= 0.3 is 11.8 Å². The zero-order valence-corrected chi connectivity index (χ0v) is 19.4. The first-order valence-electron chi connectivity index (χ1n) is 11.0. The van der Waals surface area contributed by atoms with Gasteiger partial charge in [0.05, 0.1) is 23.9 Å². The number of fused-ring (bicyclic) bond motifs is 1. The average Bonchev–Trinajstić information content (AvgIpc) is 3.57. The Labute approximate surface area is 196 Å². The van der Waals surface area contributed by atoms with Gasteiger partial charge in [-0.3, -0.25) is 9.48 Å². The quantitative estimate of drug-likeness (QED) is 0.595. The Bertz CT molecular complexity index is 1330. The molecule has 0 bridgehead atoms. The molecule has 0 saturated carbocycles. The van der Waals surface area contributed by atoms with E-state index < -0.39 is 6.04 Å². The highest BCUT2D eigenvalue weighted by atomic mass is 16.4. The van der Waals surface area contributed by atoms with Crippen LogP contribution in [0.3, 0.4) is 0 Å². The van der Waals surface area contributed by atoms with Gasteiger partial charge in [-0.05, 0) is 38.5 Å². The molecule has 1 atom stereocenters. The minimum absolute atomic E-state index is 0.0959.